The Kier molecular flexibility index (Phi) is 5.56. The van der Waals surface area contributed by atoms with Gasteiger partial charge < -0.3 is 14.8 Å². The fourth-order valence-corrected chi connectivity index (χ4v) is 3.20. The lowest BCUT2D eigenvalue weighted by Gasteiger charge is -2.27. The van der Waals surface area contributed by atoms with E-state index in [9.17, 15) is 9.59 Å². The Morgan fingerprint density at radius 3 is 2.58 bits per heavy atom. The molecule has 0 fully saturated rings. The second-order valence-corrected chi connectivity index (χ2v) is 6.43. The van der Waals surface area contributed by atoms with Gasteiger partial charge in [0.15, 0.2) is 6.10 Å². The molecule has 0 saturated carbocycles. The Morgan fingerprint density at radius 2 is 1.85 bits per heavy atom. The van der Waals surface area contributed by atoms with Crippen molar-refractivity contribution < 1.29 is 19.1 Å². The first-order chi connectivity index (χ1) is 12.6. The van der Waals surface area contributed by atoms with Gasteiger partial charge in [-0.2, -0.15) is 0 Å². The van der Waals surface area contributed by atoms with Gasteiger partial charge in [-0.25, -0.2) is 4.79 Å². The standard InChI is InChI=1S/C21H23NO4/c1-14(26-21(24)16-10-12-17(25-2)13-11-16)20(23)22-19-9-5-7-15-6-3-4-8-18(15)19/h3-4,6,8,10-14,19H,5,7,9H2,1-2H3,(H,22,23)/t14-,19+/m0/s1. The monoisotopic (exact) mass is 353 g/mol. The van der Waals surface area contributed by atoms with E-state index in [0.29, 0.717) is 11.3 Å². The van der Waals surface area contributed by atoms with Crippen LogP contribution in [-0.2, 0) is 16.0 Å². The molecule has 1 aliphatic carbocycles. The van der Waals surface area contributed by atoms with Crippen LogP contribution < -0.4 is 10.1 Å². The lowest BCUT2D eigenvalue weighted by Crippen LogP contribution is -2.39. The van der Waals surface area contributed by atoms with Gasteiger partial charge in [0.1, 0.15) is 5.75 Å². The summed E-state index contributed by atoms with van der Waals surface area (Å²) in [6.07, 6.45) is 2.09. The van der Waals surface area contributed by atoms with Gasteiger partial charge in [0.25, 0.3) is 5.91 Å². The highest BCUT2D eigenvalue weighted by molar-refractivity contribution is 5.92. The van der Waals surface area contributed by atoms with Gasteiger partial charge in [-0.3, -0.25) is 4.79 Å². The van der Waals surface area contributed by atoms with Crippen molar-refractivity contribution in [2.75, 3.05) is 7.11 Å². The topological polar surface area (TPSA) is 64.6 Å². The number of benzene rings is 2. The Morgan fingerprint density at radius 1 is 1.12 bits per heavy atom. The van der Waals surface area contributed by atoms with Crippen molar-refractivity contribution in [2.24, 2.45) is 0 Å². The Labute approximate surface area is 153 Å². The highest BCUT2D eigenvalue weighted by atomic mass is 16.5. The van der Waals surface area contributed by atoms with Gasteiger partial charge in [-0.15, -0.1) is 0 Å². The van der Waals surface area contributed by atoms with Crippen LogP contribution in [0.3, 0.4) is 0 Å². The van der Waals surface area contributed by atoms with Crippen LogP contribution in [0.4, 0.5) is 0 Å². The molecular formula is C21H23NO4. The van der Waals surface area contributed by atoms with Crippen LogP contribution in [0, 0.1) is 0 Å². The Balaban J connectivity index is 1.60. The van der Waals surface area contributed by atoms with Crippen molar-refractivity contribution in [1.82, 2.24) is 5.32 Å². The summed E-state index contributed by atoms with van der Waals surface area (Å²) in [4.78, 5) is 24.7. The number of nitrogens with one attached hydrogen (secondary N) is 1. The SMILES string of the molecule is COc1ccc(C(=O)O[C@@H](C)C(=O)N[C@@H]2CCCc3ccccc32)cc1. The van der Waals surface area contributed by atoms with Crippen molar-refractivity contribution in [1.29, 1.82) is 0 Å². The van der Waals surface area contributed by atoms with Crippen LogP contribution >= 0.6 is 0 Å². The molecule has 5 heteroatoms. The highest BCUT2D eigenvalue weighted by Gasteiger charge is 2.25. The van der Waals surface area contributed by atoms with Crippen LogP contribution in [0.15, 0.2) is 48.5 Å². The molecule has 2 aromatic carbocycles. The van der Waals surface area contributed by atoms with Gasteiger partial charge >= 0.3 is 5.97 Å². The zero-order valence-corrected chi connectivity index (χ0v) is 15.0. The Hall–Kier alpha value is -2.82. The summed E-state index contributed by atoms with van der Waals surface area (Å²) >= 11 is 0. The van der Waals surface area contributed by atoms with E-state index >= 15 is 0 Å². The third-order valence-corrected chi connectivity index (χ3v) is 4.66. The second-order valence-electron chi connectivity index (χ2n) is 6.43. The quantitative estimate of drug-likeness (QED) is 0.837. The molecule has 0 radical (unpaired) electrons. The summed E-state index contributed by atoms with van der Waals surface area (Å²) in [5.41, 5.74) is 2.81. The minimum atomic E-state index is -0.862. The normalized spacial score (nSPS) is 16.9. The summed E-state index contributed by atoms with van der Waals surface area (Å²) in [6.45, 7) is 1.59. The van der Waals surface area contributed by atoms with E-state index in [2.05, 4.69) is 11.4 Å². The van der Waals surface area contributed by atoms with Crippen molar-refractivity contribution in [3.63, 3.8) is 0 Å². The van der Waals surface area contributed by atoms with E-state index in [-0.39, 0.29) is 11.9 Å². The molecule has 1 N–H and O–H groups in total. The summed E-state index contributed by atoms with van der Waals surface area (Å²) in [5.74, 6) is -0.156. The summed E-state index contributed by atoms with van der Waals surface area (Å²) in [7, 11) is 1.56. The largest absolute Gasteiger partial charge is 0.497 e. The molecule has 3 rings (SSSR count). The van der Waals surface area contributed by atoms with Gasteiger partial charge in [0.05, 0.1) is 18.7 Å². The molecule has 0 aromatic heterocycles. The smallest absolute Gasteiger partial charge is 0.338 e. The van der Waals surface area contributed by atoms with Crippen molar-refractivity contribution in [2.45, 2.75) is 38.3 Å². The molecular weight excluding hydrogens is 330 g/mol. The number of ether oxygens (including phenoxy) is 2. The molecule has 1 aliphatic rings. The Bertz CT molecular complexity index is 785. The number of carbonyl (C=O) groups is 2. The van der Waals surface area contributed by atoms with Crippen molar-refractivity contribution in [3.05, 3.63) is 65.2 Å². The third-order valence-electron chi connectivity index (χ3n) is 4.66. The summed E-state index contributed by atoms with van der Waals surface area (Å²) in [5, 5.41) is 3.01. The first kappa shape index (κ1) is 18.0. The van der Waals surface area contributed by atoms with E-state index in [1.54, 1.807) is 38.3 Å². The average molecular weight is 353 g/mol. The second kappa shape index (κ2) is 8.04. The maximum Gasteiger partial charge on any atom is 0.338 e. The molecule has 0 aliphatic heterocycles. The number of amides is 1. The van der Waals surface area contributed by atoms with E-state index in [1.165, 1.54) is 5.56 Å². The predicted molar refractivity (Wildman–Crippen MR) is 98.1 cm³/mol. The van der Waals surface area contributed by atoms with Gasteiger partial charge in [-0.1, -0.05) is 24.3 Å². The third kappa shape index (κ3) is 4.04. The van der Waals surface area contributed by atoms with E-state index < -0.39 is 12.1 Å². The van der Waals surface area contributed by atoms with Crippen LogP contribution in [-0.4, -0.2) is 25.1 Å². The molecule has 136 valence electrons. The van der Waals surface area contributed by atoms with Gasteiger partial charge in [0, 0.05) is 0 Å². The predicted octanol–water partition coefficient (Wildman–Crippen LogP) is 3.43. The van der Waals surface area contributed by atoms with Gasteiger partial charge in [-0.05, 0) is 61.6 Å². The molecule has 0 unspecified atom stereocenters. The van der Waals surface area contributed by atoms with E-state index in [0.717, 1.165) is 24.8 Å². The lowest BCUT2D eigenvalue weighted by atomic mass is 9.87. The molecule has 0 bridgehead atoms. The molecule has 2 atom stereocenters. The van der Waals surface area contributed by atoms with E-state index in [1.807, 2.05) is 18.2 Å². The first-order valence-corrected chi connectivity index (χ1v) is 8.81. The minimum Gasteiger partial charge on any atom is -0.497 e. The fourth-order valence-electron chi connectivity index (χ4n) is 3.20. The zero-order chi connectivity index (χ0) is 18.5. The van der Waals surface area contributed by atoms with Crippen LogP contribution in [0.25, 0.3) is 0 Å². The minimum absolute atomic E-state index is 0.0328. The fraction of sp³-hybridized carbons (Fsp3) is 0.333. The number of aryl methyl sites for hydroxylation is 1. The van der Waals surface area contributed by atoms with Crippen molar-refractivity contribution >= 4 is 11.9 Å². The average Bonchev–Trinajstić information content (AvgIpc) is 2.68. The number of methoxy groups -OCH3 is 1. The van der Waals surface area contributed by atoms with Gasteiger partial charge in [0.2, 0.25) is 0 Å². The molecule has 26 heavy (non-hydrogen) atoms. The lowest BCUT2D eigenvalue weighted by molar-refractivity contribution is -0.130. The summed E-state index contributed by atoms with van der Waals surface area (Å²) < 4.78 is 10.4. The molecule has 2 aromatic rings. The zero-order valence-electron chi connectivity index (χ0n) is 15.0. The maximum atomic E-state index is 12.5. The number of carbonyl (C=O) groups excluding carboxylic acids is 2. The van der Waals surface area contributed by atoms with Crippen LogP contribution in [0.2, 0.25) is 0 Å². The number of fused-ring (bicyclic) bond motifs is 1. The molecule has 5 nitrogen and oxygen atoms in total. The maximum absolute atomic E-state index is 12.5. The number of hydrogen-bond acceptors (Lipinski definition) is 4. The number of hydrogen-bond donors (Lipinski definition) is 1. The number of rotatable bonds is 5. The molecule has 1 amide bonds. The number of esters is 1. The van der Waals surface area contributed by atoms with E-state index in [4.69, 9.17) is 9.47 Å². The highest BCUT2D eigenvalue weighted by Crippen LogP contribution is 2.29. The van der Waals surface area contributed by atoms with Crippen molar-refractivity contribution in [3.8, 4) is 5.75 Å². The first-order valence-electron chi connectivity index (χ1n) is 8.81. The molecule has 0 saturated heterocycles. The van der Waals surface area contributed by atoms with Crippen LogP contribution in [0.5, 0.6) is 5.75 Å². The molecule has 0 heterocycles. The van der Waals surface area contributed by atoms with Crippen LogP contribution in [0.1, 0.15) is 47.3 Å². The molecule has 0 spiro atoms. The summed E-state index contributed by atoms with van der Waals surface area (Å²) in [6, 6.07) is 14.7.